The average Bonchev–Trinajstić information content (AvgIpc) is 2.27. The number of rotatable bonds is 4. The van der Waals surface area contributed by atoms with Crippen molar-refractivity contribution in [2.45, 2.75) is 32.5 Å². The SMILES string of the molecule is CCC(C)Oc1ccc(C(F)(F)F)c(C(=N)N)c1. The minimum atomic E-state index is -4.53. The molecule has 0 amide bonds. The molecule has 0 aliphatic carbocycles. The van der Waals surface area contributed by atoms with Gasteiger partial charge in [-0.25, -0.2) is 0 Å². The van der Waals surface area contributed by atoms with E-state index in [4.69, 9.17) is 15.9 Å². The molecular formula is C12H15F3N2O. The Hall–Kier alpha value is -1.72. The molecule has 3 nitrogen and oxygen atoms in total. The number of benzene rings is 1. The van der Waals surface area contributed by atoms with E-state index >= 15 is 0 Å². The highest BCUT2D eigenvalue weighted by molar-refractivity contribution is 5.97. The molecule has 0 radical (unpaired) electrons. The highest BCUT2D eigenvalue weighted by Gasteiger charge is 2.34. The van der Waals surface area contributed by atoms with Gasteiger partial charge in [0.1, 0.15) is 11.6 Å². The molecule has 18 heavy (non-hydrogen) atoms. The van der Waals surface area contributed by atoms with Crippen LogP contribution in [-0.2, 0) is 6.18 Å². The first-order valence-corrected chi connectivity index (χ1v) is 5.48. The Morgan fingerprint density at radius 2 is 2.06 bits per heavy atom. The Morgan fingerprint density at radius 3 is 2.50 bits per heavy atom. The summed E-state index contributed by atoms with van der Waals surface area (Å²) in [5, 5.41) is 7.20. The third-order valence-electron chi connectivity index (χ3n) is 2.50. The summed E-state index contributed by atoms with van der Waals surface area (Å²) in [6.07, 6.45) is -3.91. The number of amidine groups is 1. The van der Waals surface area contributed by atoms with Crippen molar-refractivity contribution in [2.24, 2.45) is 5.73 Å². The fraction of sp³-hybridized carbons (Fsp3) is 0.417. The molecule has 0 aliphatic heterocycles. The van der Waals surface area contributed by atoms with Crippen LogP contribution in [0.25, 0.3) is 0 Å². The number of nitrogens with one attached hydrogen (secondary N) is 1. The van der Waals surface area contributed by atoms with Gasteiger partial charge in [0.2, 0.25) is 0 Å². The largest absolute Gasteiger partial charge is 0.491 e. The molecule has 0 aromatic heterocycles. The second-order valence-corrected chi connectivity index (χ2v) is 3.96. The number of halogens is 3. The van der Waals surface area contributed by atoms with Crippen LogP contribution in [0.4, 0.5) is 13.2 Å². The Bertz CT molecular complexity index is 443. The summed E-state index contributed by atoms with van der Waals surface area (Å²) < 4.78 is 43.4. The zero-order chi connectivity index (χ0) is 13.9. The highest BCUT2D eigenvalue weighted by Crippen LogP contribution is 2.33. The van der Waals surface area contributed by atoms with Gasteiger partial charge < -0.3 is 10.5 Å². The Balaban J connectivity index is 3.16. The summed E-state index contributed by atoms with van der Waals surface area (Å²) in [6.45, 7) is 3.71. The van der Waals surface area contributed by atoms with Crippen molar-refractivity contribution in [1.82, 2.24) is 0 Å². The van der Waals surface area contributed by atoms with Crippen molar-refractivity contribution in [2.75, 3.05) is 0 Å². The molecule has 0 bridgehead atoms. The van der Waals surface area contributed by atoms with Crippen LogP contribution in [0.5, 0.6) is 5.75 Å². The van der Waals surface area contributed by atoms with E-state index in [0.717, 1.165) is 18.6 Å². The van der Waals surface area contributed by atoms with Crippen LogP contribution in [0, 0.1) is 5.41 Å². The predicted octanol–water partition coefficient (Wildman–Crippen LogP) is 3.17. The molecule has 0 fully saturated rings. The lowest BCUT2D eigenvalue weighted by Gasteiger charge is -2.16. The van der Waals surface area contributed by atoms with Crippen LogP contribution in [0.3, 0.4) is 0 Å². The molecule has 1 atom stereocenters. The fourth-order valence-corrected chi connectivity index (χ4v) is 1.38. The van der Waals surface area contributed by atoms with Gasteiger partial charge in [-0.3, -0.25) is 5.41 Å². The van der Waals surface area contributed by atoms with Gasteiger partial charge >= 0.3 is 6.18 Å². The van der Waals surface area contributed by atoms with Gasteiger partial charge in [-0.2, -0.15) is 13.2 Å². The number of alkyl halides is 3. The molecule has 0 saturated carbocycles. The van der Waals surface area contributed by atoms with Crippen molar-refractivity contribution >= 4 is 5.84 Å². The van der Waals surface area contributed by atoms with Gasteiger partial charge in [-0.05, 0) is 31.5 Å². The topological polar surface area (TPSA) is 59.1 Å². The van der Waals surface area contributed by atoms with Crippen LogP contribution in [-0.4, -0.2) is 11.9 Å². The Labute approximate surface area is 103 Å². The Morgan fingerprint density at radius 1 is 1.44 bits per heavy atom. The number of hydrogen-bond acceptors (Lipinski definition) is 2. The Kier molecular flexibility index (Phi) is 4.21. The maximum Gasteiger partial charge on any atom is 0.417 e. The molecule has 1 rings (SSSR count). The van der Waals surface area contributed by atoms with E-state index in [1.165, 1.54) is 6.07 Å². The number of hydrogen-bond donors (Lipinski definition) is 2. The summed E-state index contributed by atoms with van der Waals surface area (Å²) >= 11 is 0. The standard InChI is InChI=1S/C12H15F3N2O/c1-3-7(2)18-8-4-5-10(12(13,14)15)9(6-8)11(16)17/h4-7H,3H2,1-2H3,(H3,16,17). The molecular weight excluding hydrogens is 245 g/mol. The number of nitrogens with two attached hydrogens (primary N) is 1. The molecule has 0 spiro atoms. The maximum atomic E-state index is 12.7. The third-order valence-corrected chi connectivity index (χ3v) is 2.50. The van der Waals surface area contributed by atoms with Gasteiger partial charge in [0.05, 0.1) is 11.7 Å². The van der Waals surface area contributed by atoms with Crippen LogP contribution in [0.2, 0.25) is 0 Å². The monoisotopic (exact) mass is 260 g/mol. The zero-order valence-electron chi connectivity index (χ0n) is 10.1. The van der Waals surface area contributed by atoms with Gasteiger partial charge in [0.15, 0.2) is 0 Å². The normalized spacial score (nSPS) is 13.2. The van der Waals surface area contributed by atoms with E-state index in [9.17, 15) is 13.2 Å². The van der Waals surface area contributed by atoms with Crippen molar-refractivity contribution in [1.29, 1.82) is 5.41 Å². The molecule has 1 unspecified atom stereocenters. The van der Waals surface area contributed by atoms with Crippen molar-refractivity contribution < 1.29 is 17.9 Å². The lowest BCUT2D eigenvalue weighted by molar-refractivity contribution is -0.137. The molecule has 1 aromatic carbocycles. The summed E-state index contributed by atoms with van der Waals surface area (Å²) in [5.74, 6) is -0.348. The molecule has 0 heterocycles. The summed E-state index contributed by atoms with van der Waals surface area (Å²) in [4.78, 5) is 0. The quantitative estimate of drug-likeness (QED) is 0.645. The average molecular weight is 260 g/mol. The van der Waals surface area contributed by atoms with Crippen LogP contribution in [0.15, 0.2) is 18.2 Å². The third kappa shape index (κ3) is 3.38. The number of ether oxygens (including phenoxy) is 1. The van der Waals surface area contributed by atoms with E-state index in [-0.39, 0.29) is 17.4 Å². The molecule has 0 aliphatic rings. The fourth-order valence-electron chi connectivity index (χ4n) is 1.38. The maximum absolute atomic E-state index is 12.7. The molecule has 0 saturated heterocycles. The first-order valence-electron chi connectivity index (χ1n) is 5.48. The van der Waals surface area contributed by atoms with Crippen molar-refractivity contribution in [3.05, 3.63) is 29.3 Å². The zero-order valence-corrected chi connectivity index (χ0v) is 10.1. The van der Waals surface area contributed by atoms with Gasteiger partial charge in [-0.1, -0.05) is 6.92 Å². The van der Waals surface area contributed by atoms with Gasteiger partial charge in [0, 0.05) is 5.56 Å². The highest BCUT2D eigenvalue weighted by atomic mass is 19.4. The molecule has 1 aromatic rings. The van der Waals surface area contributed by atoms with E-state index in [0.29, 0.717) is 0 Å². The minimum absolute atomic E-state index is 0.110. The molecule has 6 heteroatoms. The lowest BCUT2D eigenvalue weighted by atomic mass is 10.1. The first-order chi connectivity index (χ1) is 8.25. The van der Waals surface area contributed by atoms with E-state index in [1.807, 2.05) is 13.8 Å². The molecule has 100 valence electrons. The van der Waals surface area contributed by atoms with Crippen molar-refractivity contribution in [3.8, 4) is 5.75 Å². The van der Waals surface area contributed by atoms with Gasteiger partial charge in [0.25, 0.3) is 0 Å². The lowest BCUT2D eigenvalue weighted by Crippen LogP contribution is -2.19. The molecule has 3 N–H and O–H groups in total. The van der Waals surface area contributed by atoms with Crippen LogP contribution < -0.4 is 10.5 Å². The van der Waals surface area contributed by atoms with E-state index < -0.39 is 17.6 Å². The smallest absolute Gasteiger partial charge is 0.417 e. The van der Waals surface area contributed by atoms with E-state index in [2.05, 4.69) is 0 Å². The van der Waals surface area contributed by atoms with Crippen molar-refractivity contribution in [3.63, 3.8) is 0 Å². The minimum Gasteiger partial charge on any atom is -0.491 e. The second kappa shape index (κ2) is 5.29. The summed E-state index contributed by atoms with van der Waals surface area (Å²) in [7, 11) is 0. The summed E-state index contributed by atoms with van der Waals surface area (Å²) in [6, 6.07) is 3.27. The number of nitrogen functional groups attached to an aromatic ring is 1. The first kappa shape index (κ1) is 14.3. The second-order valence-electron chi connectivity index (χ2n) is 3.96. The predicted molar refractivity (Wildman–Crippen MR) is 62.8 cm³/mol. The van der Waals surface area contributed by atoms with Crippen LogP contribution >= 0.6 is 0 Å². The summed E-state index contributed by atoms with van der Waals surface area (Å²) in [5.41, 5.74) is 3.89. The van der Waals surface area contributed by atoms with Crippen LogP contribution in [0.1, 0.15) is 31.4 Å². The van der Waals surface area contributed by atoms with Gasteiger partial charge in [-0.15, -0.1) is 0 Å². The van der Waals surface area contributed by atoms with E-state index in [1.54, 1.807) is 0 Å².